The number of ether oxygens (including phenoxy) is 1. The highest BCUT2D eigenvalue weighted by atomic mass is 35.5. The second-order valence-corrected chi connectivity index (χ2v) is 7.82. The molecule has 0 saturated carbocycles. The van der Waals surface area contributed by atoms with Gasteiger partial charge in [0.25, 0.3) is 17.5 Å². The number of halogens is 2. The fourth-order valence-electron chi connectivity index (χ4n) is 3.15. The Kier molecular flexibility index (Phi) is 6.30. The molecule has 1 aliphatic heterocycles. The number of para-hydroxylation sites is 1. The minimum atomic E-state index is -0.547. The van der Waals surface area contributed by atoms with E-state index in [0.717, 1.165) is 0 Å². The lowest BCUT2D eigenvalue weighted by Crippen LogP contribution is -2.35. The SMILES string of the molecule is O=C1NN(c2ccccc2)C(=O)C1=Cc1cc(Cl)c(OCc2ccc([N+](=O)[O-])cc2)c(Cl)c1. The summed E-state index contributed by atoms with van der Waals surface area (Å²) in [5.41, 5.74) is 4.10. The Bertz CT molecular complexity index is 1250. The number of anilines is 1. The van der Waals surface area contributed by atoms with Crippen molar-refractivity contribution in [3.63, 3.8) is 0 Å². The first-order valence-electron chi connectivity index (χ1n) is 9.61. The maximum Gasteiger partial charge on any atom is 0.282 e. The molecule has 10 heteroatoms. The molecule has 4 rings (SSSR count). The summed E-state index contributed by atoms with van der Waals surface area (Å²) in [7, 11) is 0. The average Bonchev–Trinajstić information content (AvgIpc) is 3.08. The number of nitrogens with zero attached hydrogens (tertiary/aromatic N) is 2. The van der Waals surface area contributed by atoms with Crippen LogP contribution >= 0.6 is 23.2 Å². The molecule has 1 fully saturated rings. The van der Waals surface area contributed by atoms with Gasteiger partial charge in [0.1, 0.15) is 12.2 Å². The van der Waals surface area contributed by atoms with Gasteiger partial charge in [-0.3, -0.25) is 25.1 Å². The van der Waals surface area contributed by atoms with Crippen LogP contribution in [0, 0.1) is 10.1 Å². The third kappa shape index (κ3) is 4.82. The molecular weight excluding hydrogens is 469 g/mol. The van der Waals surface area contributed by atoms with Gasteiger partial charge in [-0.2, -0.15) is 0 Å². The first-order chi connectivity index (χ1) is 15.8. The van der Waals surface area contributed by atoms with Crippen molar-refractivity contribution in [2.24, 2.45) is 0 Å². The first-order valence-corrected chi connectivity index (χ1v) is 10.4. The highest BCUT2D eigenvalue weighted by molar-refractivity contribution is 6.37. The molecule has 8 nitrogen and oxygen atoms in total. The van der Waals surface area contributed by atoms with Crippen LogP contribution in [0.5, 0.6) is 5.75 Å². The van der Waals surface area contributed by atoms with E-state index < -0.39 is 16.7 Å². The van der Waals surface area contributed by atoms with E-state index in [4.69, 9.17) is 27.9 Å². The minimum Gasteiger partial charge on any atom is -0.486 e. The number of carbonyl (C=O) groups is 2. The zero-order valence-corrected chi connectivity index (χ0v) is 18.3. The number of rotatable bonds is 6. The van der Waals surface area contributed by atoms with Crippen molar-refractivity contribution in [2.45, 2.75) is 6.61 Å². The molecule has 0 aromatic heterocycles. The summed E-state index contributed by atoms with van der Waals surface area (Å²) in [6, 6.07) is 17.7. The molecule has 1 aliphatic rings. The van der Waals surface area contributed by atoms with Gasteiger partial charge >= 0.3 is 0 Å². The maximum atomic E-state index is 12.7. The first kappa shape index (κ1) is 22.3. The summed E-state index contributed by atoms with van der Waals surface area (Å²) in [6.07, 6.45) is 1.40. The zero-order chi connectivity index (χ0) is 23.5. The molecule has 0 atom stereocenters. The van der Waals surface area contributed by atoms with Gasteiger partial charge in [0.05, 0.1) is 20.7 Å². The Hall–Kier alpha value is -3.88. The summed E-state index contributed by atoms with van der Waals surface area (Å²) in [6.45, 7) is 0.0881. The van der Waals surface area contributed by atoms with Gasteiger partial charge in [-0.25, -0.2) is 5.01 Å². The lowest BCUT2D eigenvalue weighted by atomic mass is 10.1. The van der Waals surface area contributed by atoms with E-state index in [1.165, 1.54) is 35.4 Å². The largest absolute Gasteiger partial charge is 0.486 e. The van der Waals surface area contributed by atoms with Gasteiger partial charge in [0, 0.05) is 12.1 Å². The van der Waals surface area contributed by atoms with Crippen molar-refractivity contribution in [2.75, 3.05) is 5.01 Å². The second kappa shape index (κ2) is 9.32. The average molecular weight is 484 g/mol. The molecule has 0 aliphatic carbocycles. The fourth-order valence-corrected chi connectivity index (χ4v) is 3.77. The van der Waals surface area contributed by atoms with E-state index in [-0.39, 0.29) is 33.7 Å². The molecule has 166 valence electrons. The number of non-ortho nitro benzene ring substituents is 1. The number of hydrogen-bond donors (Lipinski definition) is 1. The third-order valence-electron chi connectivity index (χ3n) is 4.77. The van der Waals surface area contributed by atoms with Crippen LogP contribution in [0.25, 0.3) is 6.08 Å². The zero-order valence-electron chi connectivity index (χ0n) is 16.8. The normalized spacial score (nSPS) is 14.5. The number of nitro benzene ring substituents is 1. The van der Waals surface area contributed by atoms with E-state index in [1.54, 1.807) is 42.5 Å². The number of carbonyl (C=O) groups excluding carboxylic acids is 2. The summed E-state index contributed by atoms with van der Waals surface area (Å²) >= 11 is 12.7. The van der Waals surface area contributed by atoms with E-state index in [9.17, 15) is 19.7 Å². The predicted octanol–water partition coefficient (Wildman–Crippen LogP) is 4.94. The maximum absolute atomic E-state index is 12.7. The van der Waals surface area contributed by atoms with Crippen LogP contribution in [-0.2, 0) is 16.2 Å². The molecule has 2 amide bonds. The number of amides is 2. The Morgan fingerprint density at radius 3 is 2.24 bits per heavy atom. The van der Waals surface area contributed by atoms with Crippen LogP contribution in [0.4, 0.5) is 11.4 Å². The quantitative estimate of drug-likeness (QED) is 0.231. The Balaban J connectivity index is 1.52. The topological polar surface area (TPSA) is 102 Å². The molecule has 1 N–H and O–H groups in total. The number of nitrogens with one attached hydrogen (secondary N) is 1. The predicted molar refractivity (Wildman–Crippen MR) is 124 cm³/mol. The summed E-state index contributed by atoms with van der Waals surface area (Å²) in [4.78, 5) is 35.4. The van der Waals surface area contributed by atoms with Crippen molar-refractivity contribution in [1.82, 2.24) is 5.43 Å². The van der Waals surface area contributed by atoms with E-state index in [2.05, 4.69) is 5.43 Å². The van der Waals surface area contributed by atoms with E-state index >= 15 is 0 Å². The summed E-state index contributed by atoms with van der Waals surface area (Å²) in [5.74, 6) is -0.835. The van der Waals surface area contributed by atoms with Crippen molar-refractivity contribution in [1.29, 1.82) is 0 Å². The highest BCUT2D eigenvalue weighted by Gasteiger charge is 2.34. The monoisotopic (exact) mass is 483 g/mol. The van der Waals surface area contributed by atoms with Gasteiger partial charge in [-0.05, 0) is 53.6 Å². The molecule has 3 aromatic carbocycles. The van der Waals surface area contributed by atoms with Crippen molar-refractivity contribution < 1.29 is 19.2 Å². The van der Waals surface area contributed by atoms with Crippen LogP contribution in [0.15, 0.2) is 72.3 Å². The van der Waals surface area contributed by atoms with Crippen LogP contribution in [0.1, 0.15) is 11.1 Å². The van der Waals surface area contributed by atoms with E-state index in [1.807, 2.05) is 0 Å². The van der Waals surface area contributed by atoms with Crippen LogP contribution in [-0.4, -0.2) is 16.7 Å². The summed E-state index contributed by atoms with van der Waals surface area (Å²) in [5, 5.41) is 12.3. The number of hydrazine groups is 1. The van der Waals surface area contributed by atoms with Crippen molar-refractivity contribution in [3.8, 4) is 5.75 Å². The molecule has 1 saturated heterocycles. The molecule has 0 unspecified atom stereocenters. The van der Waals surface area contributed by atoms with Gasteiger partial charge < -0.3 is 4.74 Å². The standard InChI is InChI=1S/C23H15Cl2N3O5/c24-19-11-15(10-18-22(29)26-27(23(18)30)16-4-2-1-3-5-16)12-20(25)21(19)33-13-14-6-8-17(9-7-14)28(31)32/h1-12H,13H2,(H,26,29). The van der Waals surface area contributed by atoms with Gasteiger partial charge in [0.2, 0.25) is 0 Å². The summed E-state index contributed by atoms with van der Waals surface area (Å²) < 4.78 is 5.69. The molecule has 3 aromatic rings. The van der Waals surface area contributed by atoms with Crippen molar-refractivity contribution in [3.05, 3.63) is 104 Å². The third-order valence-corrected chi connectivity index (χ3v) is 5.33. The molecule has 0 radical (unpaired) electrons. The van der Waals surface area contributed by atoms with Gasteiger partial charge in [-0.15, -0.1) is 0 Å². The second-order valence-electron chi connectivity index (χ2n) is 7.00. The number of hydrogen-bond acceptors (Lipinski definition) is 5. The molecule has 0 spiro atoms. The van der Waals surface area contributed by atoms with Crippen molar-refractivity contribution >= 4 is 52.5 Å². The Morgan fingerprint density at radius 2 is 1.64 bits per heavy atom. The molecule has 1 heterocycles. The molecular formula is C23H15Cl2N3O5. The smallest absolute Gasteiger partial charge is 0.282 e. The van der Waals surface area contributed by atoms with Crippen LogP contribution < -0.4 is 15.2 Å². The molecule has 33 heavy (non-hydrogen) atoms. The molecule has 0 bridgehead atoms. The van der Waals surface area contributed by atoms with Crippen LogP contribution in [0.2, 0.25) is 10.0 Å². The van der Waals surface area contributed by atoms with Gasteiger partial charge in [-0.1, -0.05) is 41.4 Å². The lowest BCUT2D eigenvalue weighted by Gasteiger charge is -2.14. The van der Waals surface area contributed by atoms with E-state index in [0.29, 0.717) is 16.8 Å². The number of nitro groups is 1. The van der Waals surface area contributed by atoms with Crippen LogP contribution in [0.3, 0.4) is 0 Å². The van der Waals surface area contributed by atoms with Gasteiger partial charge in [0.15, 0.2) is 5.75 Å². The fraction of sp³-hybridized carbons (Fsp3) is 0.0435. The number of benzene rings is 3. The lowest BCUT2D eigenvalue weighted by molar-refractivity contribution is -0.384. The Morgan fingerprint density at radius 1 is 1.00 bits per heavy atom. The Labute approximate surface area is 198 Å². The highest BCUT2D eigenvalue weighted by Crippen LogP contribution is 2.36. The minimum absolute atomic E-state index is 0.0245.